The summed E-state index contributed by atoms with van der Waals surface area (Å²) in [5, 5.41) is 10.4. The highest BCUT2D eigenvalue weighted by Crippen LogP contribution is 2.39. The van der Waals surface area contributed by atoms with Crippen LogP contribution in [-0.2, 0) is 0 Å². The van der Waals surface area contributed by atoms with Gasteiger partial charge < -0.3 is 9.13 Å². The number of aromatic nitrogens is 2. The van der Waals surface area contributed by atoms with Crippen molar-refractivity contribution in [2.24, 2.45) is 0 Å². The first-order chi connectivity index (χ1) is 31.3. The van der Waals surface area contributed by atoms with Crippen LogP contribution in [-0.4, -0.2) is 17.2 Å². The molecule has 0 aliphatic rings. The molecule has 2 nitrogen and oxygen atoms in total. The zero-order valence-corrected chi connectivity index (χ0v) is 35.6. The number of fused-ring (bicyclic) bond motifs is 6. The third-order valence-electron chi connectivity index (χ3n) is 13.0. The number of benzene rings is 10. The van der Waals surface area contributed by atoms with E-state index in [0.29, 0.717) is 0 Å². The van der Waals surface area contributed by atoms with Gasteiger partial charge in [0.1, 0.15) is 0 Å². The lowest BCUT2D eigenvalue weighted by Gasteiger charge is -2.35. The zero-order chi connectivity index (χ0) is 41.7. The first-order valence-corrected chi connectivity index (χ1v) is 23.8. The smallest absolute Gasteiger partial charge is 0.181 e. The monoisotopic (exact) mass is 818 g/mol. The second-order valence-corrected chi connectivity index (χ2v) is 20.2. The molecule has 0 bridgehead atoms. The molecular weight excluding hydrogens is 777 g/mol. The van der Waals surface area contributed by atoms with Crippen molar-refractivity contribution in [3.63, 3.8) is 0 Å². The normalized spacial score (nSPS) is 11.8. The van der Waals surface area contributed by atoms with Crippen LogP contribution in [0.3, 0.4) is 0 Å². The second-order valence-electron chi connectivity index (χ2n) is 16.5. The number of hydrogen-bond acceptors (Lipinski definition) is 0. The maximum Gasteiger partial charge on any atom is 0.181 e. The highest BCUT2D eigenvalue weighted by Gasteiger charge is 2.44. The van der Waals surface area contributed by atoms with Crippen molar-refractivity contribution in [2.45, 2.75) is 0 Å². The predicted octanol–water partition coefficient (Wildman–Crippen LogP) is 12.6. The Hall–Kier alpha value is -7.98. The van der Waals surface area contributed by atoms with Crippen molar-refractivity contribution in [1.82, 2.24) is 9.13 Å². The van der Waals surface area contributed by atoms with Gasteiger partial charge in [0, 0.05) is 32.9 Å². The molecule has 0 unspecified atom stereocenters. The van der Waals surface area contributed by atoms with E-state index in [2.05, 4.69) is 264 Å². The predicted molar refractivity (Wildman–Crippen MR) is 270 cm³/mol. The standard InChI is InChI=1S/C60H42N2Si/c1-6-20-43(21-7-1)45-34-36-47(37-35-45)61-56-32-18-16-30-52(56)54-39-38-48(42-58(54)61)62-57-33-19-17-31-53(57)55-40-46(44-22-8-2-9-23-44)41-59(60(55)62)63(49-24-10-3-11-25-49,50-26-12-4-13-27-50)51-28-14-5-15-29-51/h1-42H. The van der Waals surface area contributed by atoms with Gasteiger partial charge in [-0.1, -0.05) is 212 Å². The van der Waals surface area contributed by atoms with Crippen molar-refractivity contribution in [2.75, 3.05) is 0 Å². The van der Waals surface area contributed by atoms with Gasteiger partial charge in [0.05, 0.1) is 22.1 Å². The van der Waals surface area contributed by atoms with Gasteiger partial charge >= 0.3 is 0 Å². The molecule has 0 saturated carbocycles. The molecule has 0 saturated heterocycles. The molecule has 0 fully saturated rings. The molecule has 12 aromatic rings. The van der Waals surface area contributed by atoms with Crippen LogP contribution < -0.4 is 20.7 Å². The average molecular weight is 819 g/mol. The lowest BCUT2D eigenvalue weighted by Crippen LogP contribution is -2.75. The molecule has 12 rings (SSSR count). The van der Waals surface area contributed by atoms with Crippen LogP contribution in [0, 0.1) is 0 Å². The average Bonchev–Trinajstić information content (AvgIpc) is 3.88. The summed E-state index contributed by atoms with van der Waals surface area (Å²) < 4.78 is 5.02. The topological polar surface area (TPSA) is 9.86 Å². The van der Waals surface area contributed by atoms with Gasteiger partial charge in [-0.3, -0.25) is 0 Å². The lowest BCUT2D eigenvalue weighted by atomic mass is 10.0. The lowest BCUT2D eigenvalue weighted by molar-refractivity contribution is 1.16. The largest absolute Gasteiger partial charge is 0.309 e. The Bertz CT molecular complexity index is 3480. The maximum absolute atomic E-state index is 3.06. The molecule has 0 amide bonds. The van der Waals surface area contributed by atoms with Gasteiger partial charge in [-0.25, -0.2) is 0 Å². The first kappa shape index (κ1) is 36.8. The third-order valence-corrected chi connectivity index (χ3v) is 17.8. The summed E-state index contributed by atoms with van der Waals surface area (Å²) in [6.07, 6.45) is 0. The molecule has 3 heteroatoms. The van der Waals surface area contributed by atoms with Gasteiger partial charge in [-0.05, 0) is 85.5 Å². The van der Waals surface area contributed by atoms with Gasteiger partial charge in [-0.2, -0.15) is 0 Å². The van der Waals surface area contributed by atoms with Crippen LogP contribution in [0.1, 0.15) is 0 Å². The Labute approximate surface area is 368 Å². The molecule has 0 spiro atoms. The fraction of sp³-hybridized carbons (Fsp3) is 0. The number of hydrogen-bond donors (Lipinski definition) is 0. The van der Waals surface area contributed by atoms with E-state index in [-0.39, 0.29) is 0 Å². The van der Waals surface area contributed by atoms with E-state index in [1.807, 2.05) is 0 Å². The summed E-state index contributed by atoms with van der Waals surface area (Å²) >= 11 is 0. The summed E-state index contributed by atoms with van der Waals surface area (Å²) in [4.78, 5) is 0. The molecule has 10 aromatic carbocycles. The van der Waals surface area contributed by atoms with E-state index in [0.717, 1.165) is 11.4 Å². The third kappa shape index (κ3) is 5.93. The van der Waals surface area contributed by atoms with Gasteiger partial charge in [0.2, 0.25) is 0 Å². The first-order valence-electron chi connectivity index (χ1n) is 21.8. The molecule has 2 aromatic heterocycles. The number of nitrogens with zero attached hydrogens (tertiary/aromatic N) is 2. The van der Waals surface area contributed by atoms with Crippen molar-refractivity contribution < 1.29 is 0 Å². The fourth-order valence-electron chi connectivity index (χ4n) is 10.3. The van der Waals surface area contributed by atoms with Gasteiger partial charge in [0.25, 0.3) is 0 Å². The van der Waals surface area contributed by atoms with Crippen LogP contribution in [0.25, 0.3) is 77.2 Å². The second kappa shape index (κ2) is 15.2. The quantitative estimate of drug-likeness (QED) is 0.107. The molecule has 63 heavy (non-hydrogen) atoms. The van der Waals surface area contributed by atoms with Crippen molar-refractivity contribution in [3.05, 3.63) is 255 Å². The van der Waals surface area contributed by atoms with E-state index in [1.54, 1.807) is 0 Å². The highest BCUT2D eigenvalue weighted by atomic mass is 28.3. The zero-order valence-electron chi connectivity index (χ0n) is 34.6. The Morgan fingerprint density at radius 1 is 0.254 bits per heavy atom. The van der Waals surface area contributed by atoms with E-state index in [9.17, 15) is 0 Å². The van der Waals surface area contributed by atoms with Crippen LogP contribution in [0.2, 0.25) is 0 Å². The Morgan fingerprint density at radius 2 is 0.667 bits per heavy atom. The van der Waals surface area contributed by atoms with Crippen LogP contribution >= 0.6 is 0 Å². The summed E-state index contributed by atoms with van der Waals surface area (Å²) in [5.74, 6) is 0. The van der Waals surface area contributed by atoms with Crippen molar-refractivity contribution in [1.29, 1.82) is 0 Å². The molecule has 0 aliphatic heterocycles. The van der Waals surface area contributed by atoms with Crippen molar-refractivity contribution in [3.8, 4) is 33.6 Å². The van der Waals surface area contributed by atoms with E-state index >= 15 is 0 Å². The molecule has 0 aliphatic carbocycles. The minimum Gasteiger partial charge on any atom is -0.309 e. The van der Waals surface area contributed by atoms with E-state index in [4.69, 9.17) is 0 Å². The highest BCUT2D eigenvalue weighted by molar-refractivity contribution is 7.20. The Morgan fingerprint density at radius 3 is 1.22 bits per heavy atom. The van der Waals surface area contributed by atoms with Gasteiger partial charge in [0.15, 0.2) is 8.07 Å². The molecule has 0 N–H and O–H groups in total. The molecule has 2 heterocycles. The summed E-state index contributed by atoms with van der Waals surface area (Å²) in [5.41, 5.74) is 11.9. The van der Waals surface area contributed by atoms with Gasteiger partial charge in [-0.15, -0.1) is 0 Å². The molecule has 296 valence electrons. The maximum atomic E-state index is 2.57. The molecule has 0 radical (unpaired) electrons. The van der Waals surface area contributed by atoms with E-state index in [1.165, 1.54) is 86.6 Å². The SMILES string of the molecule is c1ccc(-c2ccc(-n3c4ccccc4c4ccc(-n5c6ccccc6c6cc(-c7ccccc7)cc([Si](c7ccccc7)(c7ccccc7)c7ccccc7)c65)cc43)cc2)cc1. The summed E-state index contributed by atoms with van der Waals surface area (Å²) in [6.45, 7) is 0. The fourth-order valence-corrected chi connectivity index (χ4v) is 15.3. The Kier molecular flexibility index (Phi) is 8.87. The molecule has 0 atom stereocenters. The van der Waals surface area contributed by atoms with Crippen molar-refractivity contribution >= 4 is 72.4 Å². The van der Waals surface area contributed by atoms with Crippen LogP contribution in [0.15, 0.2) is 255 Å². The number of rotatable bonds is 8. The summed E-state index contributed by atoms with van der Waals surface area (Å²) in [6, 6.07) is 94.5. The van der Waals surface area contributed by atoms with Crippen LogP contribution in [0.5, 0.6) is 0 Å². The minimum atomic E-state index is -3.06. The minimum absolute atomic E-state index is 1.13. The Balaban J connectivity index is 1.21. The summed E-state index contributed by atoms with van der Waals surface area (Å²) in [7, 11) is -3.06. The van der Waals surface area contributed by atoms with Crippen LogP contribution in [0.4, 0.5) is 0 Å². The molecular formula is C60H42N2Si. The number of para-hydroxylation sites is 2. The van der Waals surface area contributed by atoms with E-state index < -0.39 is 8.07 Å².